The lowest BCUT2D eigenvalue weighted by molar-refractivity contribution is -0.115. The molecule has 0 spiro atoms. The van der Waals surface area contributed by atoms with Gasteiger partial charge >= 0.3 is 0 Å². The second-order valence-corrected chi connectivity index (χ2v) is 8.97. The molecule has 1 atom stereocenters. The van der Waals surface area contributed by atoms with Crippen molar-refractivity contribution in [1.82, 2.24) is 0 Å². The Hall–Kier alpha value is -2.67. The number of nitrogens with one attached hydrogen (secondary N) is 1. The van der Waals surface area contributed by atoms with Crippen molar-refractivity contribution >= 4 is 58.2 Å². The van der Waals surface area contributed by atoms with Crippen LogP contribution in [0.15, 0.2) is 66.7 Å². The van der Waals surface area contributed by atoms with Gasteiger partial charge in [-0.05, 0) is 67.1 Å². The van der Waals surface area contributed by atoms with E-state index in [2.05, 4.69) is 5.32 Å². The smallest absolute Gasteiger partial charge is 0.257 e. The predicted octanol–water partition coefficient (Wildman–Crippen LogP) is 6.42. The van der Waals surface area contributed by atoms with Crippen molar-refractivity contribution < 1.29 is 14.3 Å². The van der Waals surface area contributed by atoms with Crippen molar-refractivity contribution in [3.05, 3.63) is 87.9 Å². The highest BCUT2D eigenvalue weighted by molar-refractivity contribution is 8.00. The fourth-order valence-corrected chi connectivity index (χ4v) is 5.12. The van der Waals surface area contributed by atoms with E-state index in [1.807, 2.05) is 49.4 Å². The average molecular weight is 487 g/mol. The number of nitrogens with zero attached hydrogens (tertiary/aromatic N) is 1. The van der Waals surface area contributed by atoms with Gasteiger partial charge in [-0.2, -0.15) is 0 Å². The van der Waals surface area contributed by atoms with Crippen LogP contribution in [0, 0.1) is 0 Å². The molecule has 1 unspecified atom stereocenters. The zero-order chi connectivity index (χ0) is 22.7. The van der Waals surface area contributed by atoms with Gasteiger partial charge in [-0.3, -0.25) is 14.5 Å². The van der Waals surface area contributed by atoms with Gasteiger partial charge in [0.2, 0.25) is 5.91 Å². The Morgan fingerprint density at radius 1 is 1.12 bits per heavy atom. The van der Waals surface area contributed by atoms with Crippen molar-refractivity contribution in [3.8, 4) is 5.75 Å². The first kappa shape index (κ1) is 22.5. The number of hydrogen-bond donors (Lipinski definition) is 1. The average Bonchev–Trinajstić information content (AvgIpc) is 3.16. The number of ether oxygens (including phenoxy) is 1. The van der Waals surface area contributed by atoms with Gasteiger partial charge in [-0.15, -0.1) is 11.8 Å². The molecular weight excluding hydrogens is 467 g/mol. The summed E-state index contributed by atoms with van der Waals surface area (Å²) in [6.07, 6.45) is 0. The summed E-state index contributed by atoms with van der Waals surface area (Å²) >= 11 is 13.6. The SMILES string of the molecule is CCOc1ccc(N2C(=O)CSC2c2cccc(NC(=O)c3ccc(Cl)cc3Cl)c2)cc1. The van der Waals surface area contributed by atoms with Crippen molar-refractivity contribution in [2.24, 2.45) is 0 Å². The molecule has 0 saturated carbocycles. The number of thioether (sulfide) groups is 1. The Morgan fingerprint density at radius 3 is 2.62 bits per heavy atom. The lowest BCUT2D eigenvalue weighted by Gasteiger charge is -2.25. The molecule has 164 valence electrons. The van der Waals surface area contributed by atoms with E-state index in [9.17, 15) is 9.59 Å². The maximum absolute atomic E-state index is 12.7. The number of carbonyl (C=O) groups excluding carboxylic acids is 2. The summed E-state index contributed by atoms with van der Waals surface area (Å²) in [5.74, 6) is 0.848. The first-order chi connectivity index (χ1) is 15.5. The minimum atomic E-state index is -0.331. The summed E-state index contributed by atoms with van der Waals surface area (Å²) < 4.78 is 5.50. The van der Waals surface area contributed by atoms with Gasteiger partial charge in [-0.1, -0.05) is 35.3 Å². The molecule has 1 saturated heterocycles. The molecule has 2 amide bonds. The fraction of sp³-hybridized carbons (Fsp3) is 0.167. The predicted molar refractivity (Wildman–Crippen MR) is 131 cm³/mol. The molecule has 0 radical (unpaired) electrons. The summed E-state index contributed by atoms with van der Waals surface area (Å²) in [6.45, 7) is 2.51. The van der Waals surface area contributed by atoms with E-state index in [0.29, 0.717) is 28.6 Å². The van der Waals surface area contributed by atoms with Crippen LogP contribution in [-0.4, -0.2) is 24.2 Å². The van der Waals surface area contributed by atoms with Crippen molar-refractivity contribution in [3.63, 3.8) is 0 Å². The van der Waals surface area contributed by atoms with Crippen LogP contribution < -0.4 is 15.0 Å². The fourth-order valence-electron chi connectivity index (χ4n) is 3.46. The van der Waals surface area contributed by atoms with Crippen molar-refractivity contribution in [1.29, 1.82) is 0 Å². The summed E-state index contributed by atoms with van der Waals surface area (Å²) in [5, 5.41) is 3.42. The Bertz CT molecular complexity index is 1150. The van der Waals surface area contributed by atoms with Gasteiger partial charge < -0.3 is 10.1 Å². The van der Waals surface area contributed by atoms with Crippen molar-refractivity contribution in [2.45, 2.75) is 12.3 Å². The molecule has 0 bridgehead atoms. The van der Waals surface area contributed by atoms with Gasteiger partial charge in [0, 0.05) is 16.4 Å². The van der Waals surface area contributed by atoms with Gasteiger partial charge in [0.05, 0.1) is 22.9 Å². The van der Waals surface area contributed by atoms with Crippen molar-refractivity contribution in [2.75, 3.05) is 22.6 Å². The molecule has 3 aromatic carbocycles. The molecule has 0 aliphatic carbocycles. The van der Waals surface area contributed by atoms with Gasteiger partial charge in [0.25, 0.3) is 5.91 Å². The number of halogens is 2. The highest BCUT2D eigenvalue weighted by Crippen LogP contribution is 2.42. The molecule has 1 fully saturated rings. The highest BCUT2D eigenvalue weighted by atomic mass is 35.5. The van der Waals surface area contributed by atoms with E-state index >= 15 is 0 Å². The monoisotopic (exact) mass is 486 g/mol. The summed E-state index contributed by atoms with van der Waals surface area (Å²) in [7, 11) is 0. The van der Waals surface area contributed by atoms with Crippen LogP contribution in [0.1, 0.15) is 28.2 Å². The third kappa shape index (κ3) is 4.88. The lowest BCUT2D eigenvalue weighted by atomic mass is 10.1. The van der Waals surface area contributed by atoms with Crippen LogP contribution in [-0.2, 0) is 4.79 Å². The number of amides is 2. The molecule has 1 heterocycles. The molecule has 0 aromatic heterocycles. The molecule has 1 aliphatic rings. The Balaban J connectivity index is 1.56. The topological polar surface area (TPSA) is 58.6 Å². The molecule has 5 nitrogen and oxygen atoms in total. The minimum Gasteiger partial charge on any atom is -0.494 e. The van der Waals surface area contributed by atoms with Gasteiger partial charge in [-0.25, -0.2) is 0 Å². The second-order valence-electron chi connectivity index (χ2n) is 7.06. The molecule has 1 N–H and O–H groups in total. The summed E-state index contributed by atoms with van der Waals surface area (Å²) in [5.41, 5.74) is 2.67. The summed E-state index contributed by atoms with van der Waals surface area (Å²) in [6, 6.07) is 19.7. The Morgan fingerprint density at radius 2 is 1.91 bits per heavy atom. The number of rotatable bonds is 6. The Kier molecular flexibility index (Phi) is 6.94. The second kappa shape index (κ2) is 9.86. The normalized spacial score (nSPS) is 15.7. The molecule has 8 heteroatoms. The standard InChI is InChI=1S/C24H20Cl2N2O3S/c1-2-31-19-9-7-18(8-10-19)28-22(29)14-32-24(28)15-4-3-5-17(12-15)27-23(30)20-11-6-16(25)13-21(20)26/h3-13,24H,2,14H2,1H3,(H,27,30). The zero-order valence-electron chi connectivity index (χ0n) is 17.2. The first-order valence-electron chi connectivity index (χ1n) is 9.99. The van der Waals surface area contributed by atoms with E-state index in [1.165, 1.54) is 6.07 Å². The van der Waals surface area contributed by atoms with E-state index in [-0.39, 0.29) is 22.2 Å². The van der Waals surface area contributed by atoms with Gasteiger partial charge in [0.1, 0.15) is 11.1 Å². The lowest BCUT2D eigenvalue weighted by Crippen LogP contribution is -2.27. The van der Waals surface area contributed by atoms with E-state index in [4.69, 9.17) is 27.9 Å². The Labute approximate surface area is 200 Å². The first-order valence-corrected chi connectivity index (χ1v) is 11.8. The maximum Gasteiger partial charge on any atom is 0.257 e. The highest BCUT2D eigenvalue weighted by Gasteiger charge is 2.34. The number of anilines is 2. The number of carbonyl (C=O) groups is 2. The van der Waals surface area contributed by atoms with E-state index < -0.39 is 0 Å². The van der Waals surface area contributed by atoms with E-state index in [1.54, 1.807) is 34.9 Å². The third-order valence-corrected chi connectivity index (χ3v) is 6.66. The number of hydrogen-bond acceptors (Lipinski definition) is 4. The summed E-state index contributed by atoms with van der Waals surface area (Å²) in [4.78, 5) is 27.1. The van der Waals surface area contributed by atoms with Crippen LogP contribution in [0.25, 0.3) is 0 Å². The zero-order valence-corrected chi connectivity index (χ0v) is 19.5. The molecular formula is C24H20Cl2N2O3S. The minimum absolute atomic E-state index is 0.0338. The van der Waals surface area contributed by atoms with Crippen LogP contribution in [0.3, 0.4) is 0 Å². The van der Waals surface area contributed by atoms with Crippen LogP contribution in [0.4, 0.5) is 11.4 Å². The van der Waals surface area contributed by atoms with E-state index in [0.717, 1.165) is 17.0 Å². The van der Waals surface area contributed by atoms with Crippen LogP contribution in [0.2, 0.25) is 10.0 Å². The number of benzene rings is 3. The van der Waals surface area contributed by atoms with Gasteiger partial charge in [0.15, 0.2) is 0 Å². The maximum atomic E-state index is 12.7. The quantitative estimate of drug-likeness (QED) is 0.436. The largest absolute Gasteiger partial charge is 0.494 e. The van der Waals surface area contributed by atoms with Crippen LogP contribution >= 0.6 is 35.0 Å². The molecule has 3 aromatic rings. The van der Waals surface area contributed by atoms with Crippen LogP contribution in [0.5, 0.6) is 5.75 Å². The molecule has 4 rings (SSSR count). The molecule has 1 aliphatic heterocycles. The third-order valence-electron chi connectivity index (χ3n) is 4.90. The molecule has 32 heavy (non-hydrogen) atoms.